The summed E-state index contributed by atoms with van der Waals surface area (Å²) in [5.74, 6) is 0.0429. The number of alkyl halides is 2. The first kappa shape index (κ1) is 16.5. The molecule has 1 atom stereocenters. The lowest BCUT2D eigenvalue weighted by Gasteiger charge is -2.15. The Bertz CT molecular complexity index is 770. The predicted octanol–water partition coefficient (Wildman–Crippen LogP) is 5.12. The van der Waals surface area contributed by atoms with Crippen LogP contribution in [0, 0.1) is 5.82 Å². The molecule has 0 radical (unpaired) electrons. The van der Waals surface area contributed by atoms with Gasteiger partial charge in [0.05, 0.1) is 11.6 Å². The number of halogens is 4. The van der Waals surface area contributed by atoms with E-state index >= 15 is 0 Å². The molecule has 23 heavy (non-hydrogen) atoms. The Balaban J connectivity index is 1.98. The molecule has 122 valence electrons. The highest BCUT2D eigenvalue weighted by atomic mass is 79.9. The van der Waals surface area contributed by atoms with Gasteiger partial charge in [-0.3, -0.25) is 0 Å². The number of benzene rings is 2. The fraction of sp³-hybridized carbons (Fsp3) is 0.200. The van der Waals surface area contributed by atoms with E-state index in [0.717, 1.165) is 6.07 Å². The zero-order valence-electron chi connectivity index (χ0n) is 11.6. The molecule has 3 nitrogen and oxygen atoms in total. The summed E-state index contributed by atoms with van der Waals surface area (Å²) in [5, 5.41) is 6.47. The van der Waals surface area contributed by atoms with Crippen molar-refractivity contribution in [1.82, 2.24) is 0 Å². The molecule has 1 aliphatic heterocycles. The predicted molar refractivity (Wildman–Crippen MR) is 82.9 cm³/mol. The summed E-state index contributed by atoms with van der Waals surface area (Å²) in [7, 11) is 1.39. The third kappa shape index (κ3) is 3.02. The first-order chi connectivity index (χ1) is 10.8. The summed E-state index contributed by atoms with van der Waals surface area (Å²) in [5.41, 5.74) is 0.0564. The quantitative estimate of drug-likeness (QED) is 0.767. The highest BCUT2D eigenvalue weighted by Crippen LogP contribution is 2.57. The molecule has 0 bridgehead atoms. The average molecular weight is 407 g/mol. The molecular weight excluding hydrogens is 397 g/mol. The molecule has 1 heterocycles. The first-order valence-corrected chi connectivity index (χ1v) is 8.02. The van der Waals surface area contributed by atoms with E-state index in [4.69, 9.17) is 9.47 Å². The van der Waals surface area contributed by atoms with Gasteiger partial charge >= 0.3 is 5.25 Å². The van der Waals surface area contributed by atoms with Crippen LogP contribution < -0.4 is 9.47 Å². The van der Waals surface area contributed by atoms with Gasteiger partial charge in [-0.2, -0.15) is 8.78 Å². The summed E-state index contributed by atoms with van der Waals surface area (Å²) in [4.78, 5) is 0.263. The minimum absolute atomic E-state index is 0.0564. The van der Waals surface area contributed by atoms with Crippen LogP contribution in [0.5, 0.6) is 17.2 Å². The Hall–Kier alpha value is -1.38. The molecule has 2 aromatic carbocycles. The van der Waals surface area contributed by atoms with Crippen LogP contribution in [-0.2, 0) is 0 Å². The monoisotopic (exact) mass is 406 g/mol. The SMILES string of the molecule is COc1cc(F)cc(Oc2ccc3c(c2Br)[C@@H](O)C(F)(F)S3)c1. The molecule has 0 aromatic heterocycles. The van der Waals surface area contributed by atoms with E-state index in [-0.39, 0.29) is 32.2 Å². The van der Waals surface area contributed by atoms with Gasteiger partial charge in [-0.25, -0.2) is 4.39 Å². The summed E-state index contributed by atoms with van der Waals surface area (Å²) >= 11 is 3.47. The lowest BCUT2D eigenvalue weighted by molar-refractivity contribution is -0.0314. The van der Waals surface area contributed by atoms with E-state index in [1.807, 2.05) is 0 Å². The molecule has 0 amide bonds. The molecule has 2 aromatic rings. The maximum atomic E-state index is 13.6. The van der Waals surface area contributed by atoms with E-state index in [2.05, 4.69) is 15.9 Å². The van der Waals surface area contributed by atoms with E-state index in [9.17, 15) is 18.3 Å². The summed E-state index contributed by atoms with van der Waals surface area (Å²) in [6.07, 6.45) is -1.94. The number of thioether (sulfide) groups is 1. The number of rotatable bonds is 3. The van der Waals surface area contributed by atoms with Crippen LogP contribution in [0.25, 0.3) is 0 Å². The second kappa shape index (κ2) is 5.92. The van der Waals surface area contributed by atoms with Crippen LogP contribution in [0.1, 0.15) is 11.7 Å². The Morgan fingerprint density at radius 1 is 1.22 bits per heavy atom. The van der Waals surface area contributed by atoms with Crippen LogP contribution >= 0.6 is 27.7 Å². The number of fused-ring (bicyclic) bond motifs is 1. The fourth-order valence-electron chi connectivity index (χ4n) is 2.19. The van der Waals surface area contributed by atoms with Crippen molar-refractivity contribution in [2.45, 2.75) is 16.3 Å². The topological polar surface area (TPSA) is 38.7 Å². The highest BCUT2D eigenvalue weighted by Gasteiger charge is 2.49. The smallest absolute Gasteiger partial charge is 0.327 e. The Labute approximate surface area is 142 Å². The molecule has 3 rings (SSSR count). The van der Waals surface area contributed by atoms with Crippen LogP contribution in [0.4, 0.5) is 13.2 Å². The van der Waals surface area contributed by atoms with Gasteiger partial charge in [0, 0.05) is 28.7 Å². The van der Waals surface area contributed by atoms with Gasteiger partial charge in [0.2, 0.25) is 0 Å². The van der Waals surface area contributed by atoms with Gasteiger partial charge in [-0.15, -0.1) is 0 Å². The molecule has 8 heteroatoms. The number of aliphatic hydroxyl groups excluding tert-OH is 1. The molecule has 0 saturated heterocycles. The summed E-state index contributed by atoms with van der Waals surface area (Å²) in [6, 6.07) is 6.69. The van der Waals surface area contributed by atoms with Gasteiger partial charge in [0.25, 0.3) is 0 Å². The van der Waals surface area contributed by atoms with E-state index in [0.29, 0.717) is 11.8 Å². The molecule has 1 N–H and O–H groups in total. The minimum atomic E-state index is -3.30. The van der Waals surface area contributed by atoms with Gasteiger partial charge in [-0.1, -0.05) is 0 Å². The Morgan fingerprint density at radius 3 is 2.61 bits per heavy atom. The molecule has 1 aliphatic rings. The van der Waals surface area contributed by atoms with Crippen molar-refractivity contribution >= 4 is 27.7 Å². The van der Waals surface area contributed by atoms with Crippen molar-refractivity contribution in [3.8, 4) is 17.2 Å². The number of hydrogen-bond donors (Lipinski definition) is 1. The number of aliphatic hydroxyl groups is 1. The third-order valence-electron chi connectivity index (χ3n) is 3.25. The largest absolute Gasteiger partial charge is 0.497 e. The highest BCUT2D eigenvalue weighted by molar-refractivity contribution is 9.10. The molecule has 0 fully saturated rings. The second-order valence-electron chi connectivity index (χ2n) is 4.78. The molecule has 0 saturated carbocycles. The summed E-state index contributed by atoms with van der Waals surface area (Å²) in [6.45, 7) is 0. The zero-order chi connectivity index (χ0) is 16.8. The van der Waals surface area contributed by atoms with Crippen molar-refractivity contribution in [3.05, 3.63) is 46.2 Å². The molecular formula is C15H10BrF3O3S. The van der Waals surface area contributed by atoms with Crippen LogP contribution in [-0.4, -0.2) is 17.5 Å². The second-order valence-corrected chi connectivity index (χ2v) is 6.77. The molecule has 0 aliphatic carbocycles. The molecule has 0 spiro atoms. The maximum absolute atomic E-state index is 13.6. The van der Waals surface area contributed by atoms with Crippen LogP contribution in [0.3, 0.4) is 0 Å². The number of ether oxygens (including phenoxy) is 2. The van der Waals surface area contributed by atoms with Crippen LogP contribution in [0.2, 0.25) is 0 Å². The zero-order valence-corrected chi connectivity index (χ0v) is 14.1. The minimum Gasteiger partial charge on any atom is -0.497 e. The number of hydrogen-bond acceptors (Lipinski definition) is 4. The van der Waals surface area contributed by atoms with Crippen molar-refractivity contribution in [2.24, 2.45) is 0 Å². The third-order valence-corrected chi connectivity index (χ3v) is 5.14. The normalized spacial score (nSPS) is 18.6. The molecule has 0 unspecified atom stereocenters. The average Bonchev–Trinajstić information content (AvgIpc) is 2.72. The van der Waals surface area contributed by atoms with Gasteiger partial charge in [0.15, 0.2) is 6.10 Å². The van der Waals surface area contributed by atoms with E-state index < -0.39 is 17.2 Å². The first-order valence-electron chi connectivity index (χ1n) is 6.41. The lowest BCUT2D eigenvalue weighted by atomic mass is 10.1. The van der Waals surface area contributed by atoms with Crippen LogP contribution in [0.15, 0.2) is 39.7 Å². The Kier molecular flexibility index (Phi) is 4.24. The van der Waals surface area contributed by atoms with Crippen molar-refractivity contribution in [3.63, 3.8) is 0 Å². The van der Waals surface area contributed by atoms with E-state index in [1.54, 1.807) is 0 Å². The lowest BCUT2D eigenvalue weighted by Crippen LogP contribution is -2.16. The van der Waals surface area contributed by atoms with Crippen molar-refractivity contribution < 1.29 is 27.8 Å². The maximum Gasteiger partial charge on any atom is 0.327 e. The van der Waals surface area contributed by atoms with Gasteiger partial charge in [-0.05, 0) is 39.8 Å². The van der Waals surface area contributed by atoms with Gasteiger partial charge in [0.1, 0.15) is 23.1 Å². The summed E-state index contributed by atoms with van der Waals surface area (Å²) < 4.78 is 51.4. The number of methoxy groups -OCH3 is 1. The Morgan fingerprint density at radius 2 is 1.91 bits per heavy atom. The van der Waals surface area contributed by atoms with Crippen molar-refractivity contribution in [1.29, 1.82) is 0 Å². The van der Waals surface area contributed by atoms with E-state index in [1.165, 1.54) is 31.4 Å². The van der Waals surface area contributed by atoms with Gasteiger partial charge < -0.3 is 14.6 Å². The van der Waals surface area contributed by atoms with Crippen molar-refractivity contribution in [2.75, 3.05) is 7.11 Å². The fourth-order valence-corrected chi connectivity index (χ4v) is 3.95. The standard InChI is InChI=1S/C15H10BrF3O3S/c1-21-8-4-7(17)5-9(6-8)22-10-2-3-11-12(13(10)16)14(20)15(18,19)23-11/h2-6,14,20H,1H3/t14-/m1/s1.